The highest BCUT2D eigenvalue weighted by molar-refractivity contribution is 5.90. The number of ether oxygens (including phenoxy) is 7. The zero-order valence-corrected chi connectivity index (χ0v) is 47.0. The Bertz CT molecular complexity index is 2590. The smallest absolute Gasteiger partial charge is 0.338 e. The maximum Gasteiger partial charge on any atom is 0.338 e. The van der Waals surface area contributed by atoms with Crippen LogP contribution in [0.1, 0.15) is 169 Å². The van der Waals surface area contributed by atoms with E-state index in [-0.39, 0.29) is 17.9 Å². The van der Waals surface area contributed by atoms with E-state index >= 15 is 0 Å². The molecule has 0 amide bonds. The second kappa shape index (κ2) is 33.6. The Balaban J connectivity index is 0.761. The predicted octanol–water partition coefficient (Wildman–Crippen LogP) is 16.8. The highest BCUT2D eigenvalue weighted by Gasteiger charge is 2.24. The zero-order chi connectivity index (χ0) is 55.3. The van der Waals surface area contributed by atoms with Gasteiger partial charge in [0.1, 0.15) is 11.5 Å². The average Bonchev–Trinajstić information content (AvgIpc) is 3.51. The van der Waals surface area contributed by atoms with Crippen molar-refractivity contribution in [3.63, 3.8) is 0 Å². The van der Waals surface area contributed by atoms with Gasteiger partial charge in [-0.15, -0.1) is 0 Å². The van der Waals surface area contributed by atoms with E-state index in [0.29, 0.717) is 87.0 Å². The molecule has 5 aromatic carbocycles. The summed E-state index contributed by atoms with van der Waals surface area (Å²) in [5, 5.41) is 0. The van der Waals surface area contributed by atoms with E-state index in [0.717, 1.165) is 88.5 Å². The summed E-state index contributed by atoms with van der Waals surface area (Å²) in [6.45, 7) is 12.4. The Morgan fingerprint density at radius 2 is 0.797 bits per heavy atom. The van der Waals surface area contributed by atoms with Crippen molar-refractivity contribution in [3.05, 3.63) is 157 Å². The first-order valence-electron chi connectivity index (χ1n) is 29.6. The number of esters is 3. The molecule has 2 saturated carbocycles. The molecule has 10 heteroatoms. The van der Waals surface area contributed by atoms with Crippen LogP contribution in [0.4, 0.5) is 0 Å². The molecule has 10 nitrogen and oxygen atoms in total. The van der Waals surface area contributed by atoms with E-state index in [4.69, 9.17) is 33.2 Å². The molecule has 0 unspecified atom stereocenters. The second-order valence-corrected chi connectivity index (χ2v) is 21.4. The van der Waals surface area contributed by atoms with Crippen LogP contribution < -0.4 is 18.9 Å². The molecule has 5 aromatic rings. The van der Waals surface area contributed by atoms with E-state index in [1.54, 1.807) is 12.1 Å². The van der Waals surface area contributed by atoms with Crippen molar-refractivity contribution in [2.45, 2.75) is 147 Å². The zero-order valence-electron chi connectivity index (χ0n) is 47.0. The molecule has 2 fully saturated rings. The molecule has 0 N–H and O–H groups in total. The third kappa shape index (κ3) is 20.4. The molecule has 0 atom stereocenters. The highest BCUT2D eigenvalue weighted by Crippen LogP contribution is 2.40. The molecule has 0 aliphatic heterocycles. The SMILES string of the molecule is C=CC(=O)OCCCCCCOc1ccc(-c2ccc(C3CCC(CCCOc4ccc(C(=O)OCC)cc4OCCCC4CCC(c5ccc(-c6ccc(OCCCCCCOC(=O)C=C)cc6)cc5)CC4)CC3)cc2)cc1. The molecular weight excluding hydrogens is 989 g/mol. The molecule has 0 radical (unpaired) electrons. The first-order valence-corrected chi connectivity index (χ1v) is 29.6. The van der Waals surface area contributed by atoms with E-state index in [1.807, 2.05) is 13.0 Å². The molecule has 2 aliphatic rings. The summed E-state index contributed by atoms with van der Waals surface area (Å²) in [7, 11) is 0. The summed E-state index contributed by atoms with van der Waals surface area (Å²) in [6.07, 6.45) is 24.0. The standard InChI is InChI=1S/C69H86O10/c1-4-67(70)78-47-13-9-7-11-45-74-63-40-35-60(36-41-63)58-31-27-56(28-32-58)54-23-19-52(20-24-54)17-15-49-76-65-44-39-62(69(72)73-6-3)51-66(65)77-50-16-18-53-21-25-55(26-22-53)57-29-33-59(34-30-57)61-37-42-64(43-38-61)75-46-12-8-10-14-48-79-68(71)5-2/h4-5,27-44,51-55H,1-2,6-26,45-50H2,3H3. The van der Waals surface area contributed by atoms with Crippen LogP contribution in [0.25, 0.3) is 22.3 Å². The van der Waals surface area contributed by atoms with E-state index in [9.17, 15) is 14.4 Å². The Morgan fingerprint density at radius 3 is 1.20 bits per heavy atom. The minimum atomic E-state index is -0.362. The summed E-state index contributed by atoms with van der Waals surface area (Å²) in [5.74, 6) is 4.57. The molecule has 422 valence electrons. The van der Waals surface area contributed by atoms with Crippen molar-refractivity contribution >= 4 is 17.9 Å². The van der Waals surface area contributed by atoms with Gasteiger partial charge in [0.15, 0.2) is 11.5 Å². The first-order chi connectivity index (χ1) is 38.8. The largest absolute Gasteiger partial charge is 0.494 e. The van der Waals surface area contributed by atoms with Crippen LogP contribution in [0.2, 0.25) is 0 Å². The number of unbranched alkanes of at least 4 members (excludes halogenated alkanes) is 6. The quantitative estimate of drug-likeness (QED) is 0.0171. The summed E-state index contributed by atoms with van der Waals surface area (Å²) >= 11 is 0. The highest BCUT2D eigenvalue weighted by atomic mass is 16.5. The second-order valence-electron chi connectivity index (χ2n) is 21.4. The number of carbonyl (C=O) groups excluding carboxylic acids is 3. The number of hydrogen-bond acceptors (Lipinski definition) is 10. The maximum atomic E-state index is 12.7. The average molecular weight is 1080 g/mol. The molecular formula is C69H86O10. The minimum absolute atomic E-state index is 0.320. The van der Waals surface area contributed by atoms with Crippen molar-refractivity contribution in [1.29, 1.82) is 0 Å². The number of carbonyl (C=O) groups is 3. The van der Waals surface area contributed by atoms with Crippen molar-refractivity contribution < 1.29 is 47.5 Å². The fraction of sp³-hybridized carbons (Fsp3) is 0.464. The van der Waals surface area contributed by atoms with Gasteiger partial charge in [0.25, 0.3) is 0 Å². The van der Waals surface area contributed by atoms with Gasteiger partial charge in [-0.05, 0) is 235 Å². The van der Waals surface area contributed by atoms with Gasteiger partial charge < -0.3 is 33.2 Å². The third-order valence-electron chi connectivity index (χ3n) is 15.8. The van der Waals surface area contributed by atoms with Crippen molar-refractivity contribution in [3.8, 4) is 45.3 Å². The van der Waals surface area contributed by atoms with E-state index in [2.05, 4.69) is 110 Å². The van der Waals surface area contributed by atoms with Gasteiger partial charge >= 0.3 is 17.9 Å². The van der Waals surface area contributed by atoms with Crippen molar-refractivity contribution in [2.75, 3.05) is 46.2 Å². The Hall–Kier alpha value is -6.81. The van der Waals surface area contributed by atoms with E-state index < -0.39 is 0 Å². The first kappa shape index (κ1) is 59.8. The number of hydrogen-bond donors (Lipinski definition) is 0. The van der Waals surface area contributed by atoms with Gasteiger partial charge in [-0.1, -0.05) is 86.0 Å². The summed E-state index contributed by atoms with van der Waals surface area (Å²) < 4.78 is 40.1. The van der Waals surface area contributed by atoms with Gasteiger partial charge in [0.05, 0.1) is 51.8 Å². The van der Waals surface area contributed by atoms with Gasteiger partial charge in [-0.25, -0.2) is 14.4 Å². The normalized spacial score (nSPS) is 17.0. The van der Waals surface area contributed by atoms with Crippen LogP contribution in [-0.2, 0) is 23.8 Å². The summed E-state index contributed by atoms with van der Waals surface area (Å²) in [6, 6.07) is 40.5. The lowest BCUT2D eigenvalue weighted by molar-refractivity contribution is -0.138. The van der Waals surface area contributed by atoms with Crippen LogP contribution in [-0.4, -0.2) is 64.2 Å². The van der Waals surface area contributed by atoms with Gasteiger partial charge in [-0.2, -0.15) is 0 Å². The van der Waals surface area contributed by atoms with Crippen LogP contribution >= 0.6 is 0 Å². The third-order valence-corrected chi connectivity index (χ3v) is 15.8. The molecule has 0 bridgehead atoms. The van der Waals surface area contributed by atoms with Crippen molar-refractivity contribution in [1.82, 2.24) is 0 Å². The molecule has 0 spiro atoms. The molecule has 79 heavy (non-hydrogen) atoms. The monoisotopic (exact) mass is 1070 g/mol. The molecule has 2 aliphatic carbocycles. The van der Waals surface area contributed by atoms with Crippen LogP contribution in [0.3, 0.4) is 0 Å². The Labute approximate surface area is 471 Å². The predicted molar refractivity (Wildman–Crippen MR) is 315 cm³/mol. The summed E-state index contributed by atoms with van der Waals surface area (Å²) in [5.41, 5.74) is 8.15. The van der Waals surface area contributed by atoms with Crippen molar-refractivity contribution in [2.24, 2.45) is 11.8 Å². The number of benzene rings is 5. The minimum Gasteiger partial charge on any atom is -0.494 e. The number of rotatable bonds is 34. The van der Waals surface area contributed by atoms with Gasteiger partial charge in [0.2, 0.25) is 0 Å². The molecule has 7 rings (SSSR count). The molecule has 0 aromatic heterocycles. The Kier molecular flexibility index (Phi) is 25.4. The van der Waals surface area contributed by atoms with Crippen LogP contribution in [0, 0.1) is 11.8 Å². The van der Waals surface area contributed by atoms with E-state index in [1.165, 1.54) is 96.9 Å². The topological polar surface area (TPSA) is 116 Å². The fourth-order valence-corrected chi connectivity index (χ4v) is 11.1. The summed E-state index contributed by atoms with van der Waals surface area (Å²) in [4.78, 5) is 35.0. The maximum absolute atomic E-state index is 12.7. The molecule has 0 saturated heterocycles. The lowest BCUT2D eigenvalue weighted by Gasteiger charge is -2.29. The fourth-order valence-electron chi connectivity index (χ4n) is 11.1. The van der Waals surface area contributed by atoms with Gasteiger partial charge in [-0.3, -0.25) is 0 Å². The lowest BCUT2D eigenvalue weighted by Crippen LogP contribution is -2.15. The Morgan fingerprint density at radius 1 is 0.418 bits per heavy atom. The lowest BCUT2D eigenvalue weighted by atomic mass is 9.77. The molecule has 0 heterocycles. The van der Waals surface area contributed by atoms with Crippen LogP contribution in [0.5, 0.6) is 23.0 Å². The van der Waals surface area contributed by atoms with Gasteiger partial charge in [0, 0.05) is 12.2 Å². The van der Waals surface area contributed by atoms with Crippen LogP contribution in [0.15, 0.2) is 141 Å².